The number of anilines is 1. The number of hydrogen-bond acceptors (Lipinski definition) is 6. The zero-order valence-electron chi connectivity index (χ0n) is 16.4. The van der Waals surface area contributed by atoms with Crippen LogP contribution in [0.2, 0.25) is 0 Å². The van der Waals surface area contributed by atoms with Crippen LogP contribution in [0.3, 0.4) is 0 Å². The summed E-state index contributed by atoms with van der Waals surface area (Å²) in [5, 5.41) is 3.17. The summed E-state index contributed by atoms with van der Waals surface area (Å²) < 4.78 is 27.5. The summed E-state index contributed by atoms with van der Waals surface area (Å²) in [6, 6.07) is 8.61. The van der Waals surface area contributed by atoms with E-state index in [1.807, 2.05) is 13.1 Å². The van der Waals surface area contributed by atoms with Crippen molar-refractivity contribution in [2.45, 2.75) is 36.6 Å². The summed E-state index contributed by atoms with van der Waals surface area (Å²) in [5.41, 5.74) is 1.87. The molecule has 1 aromatic carbocycles. The predicted molar refractivity (Wildman–Crippen MR) is 109 cm³/mol. The first-order valence-corrected chi connectivity index (χ1v) is 11.2. The zero-order chi connectivity index (χ0) is 19.7. The van der Waals surface area contributed by atoms with Gasteiger partial charge in [-0.15, -0.1) is 0 Å². The van der Waals surface area contributed by atoms with Gasteiger partial charge in [0, 0.05) is 38.0 Å². The van der Waals surface area contributed by atoms with E-state index < -0.39 is 10.0 Å². The van der Waals surface area contributed by atoms with Crippen molar-refractivity contribution in [1.82, 2.24) is 19.2 Å². The molecule has 150 valence electrons. The number of piperidine rings is 1. The Morgan fingerprint density at radius 3 is 2.46 bits per heavy atom. The van der Waals surface area contributed by atoms with Crippen LogP contribution >= 0.6 is 0 Å². The third-order valence-electron chi connectivity index (χ3n) is 5.74. The highest BCUT2D eigenvalue weighted by atomic mass is 32.2. The first kappa shape index (κ1) is 19.3. The van der Waals surface area contributed by atoms with Crippen LogP contribution in [0, 0.1) is 0 Å². The lowest BCUT2D eigenvalue weighted by Gasteiger charge is -2.31. The maximum Gasteiger partial charge on any atom is 0.243 e. The van der Waals surface area contributed by atoms with Gasteiger partial charge in [0.05, 0.1) is 10.6 Å². The van der Waals surface area contributed by atoms with Crippen molar-refractivity contribution in [1.29, 1.82) is 0 Å². The molecule has 0 saturated carbocycles. The molecule has 1 N–H and O–H groups in total. The largest absolute Gasteiger partial charge is 0.373 e. The Morgan fingerprint density at radius 1 is 1.07 bits per heavy atom. The topological polar surface area (TPSA) is 78.4 Å². The van der Waals surface area contributed by atoms with Crippen LogP contribution in [0.4, 0.5) is 5.82 Å². The van der Waals surface area contributed by atoms with Crippen molar-refractivity contribution in [2.75, 3.05) is 39.0 Å². The predicted octanol–water partition coefficient (Wildman–Crippen LogP) is 2.07. The molecule has 1 saturated heterocycles. The minimum absolute atomic E-state index is 0.302. The number of benzene rings is 1. The Balaban J connectivity index is 1.62. The number of nitrogens with one attached hydrogen (secondary N) is 1. The number of rotatable bonds is 4. The van der Waals surface area contributed by atoms with Crippen LogP contribution in [0.25, 0.3) is 0 Å². The van der Waals surface area contributed by atoms with Gasteiger partial charge in [-0.1, -0.05) is 18.2 Å². The minimum atomic E-state index is -3.52. The summed E-state index contributed by atoms with van der Waals surface area (Å²) >= 11 is 0. The van der Waals surface area contributed by atoms with Crippen molar-refractivity contribution >= 4 is 15.8 Å². The van der Waals surface area contributed by atoms with Crippen molar-refractivity contribution < 1.29 is 8.42 Å². The number of nitrogens with zero attached hydrogens (tertiary/aromatic N) is 4. The maximum absolute atomic E-state index is 13.0. The highest BCUT2D eigenvalue weighted by Crippen LogP contribution is 2.31. The van der Waals surface area contributed by atoms with Gasteiger partial charge in [0.15, 0.2) is 0 Å². The van der Waals surface area contributed by atoms with Crippen molar-refractivity contribution in [3.63, 3.8) is 0 Å². The standard InChI is InChI=1S/C20H27N5O2S/c1-21-20-17-14-25(28(26,27)16-6-4-3-5-7-16)13-10-18(17)22-19(23-20)15-8-11-24(2)12-9-15/h3-7,15H,8-14H2,1-2H3,(H,21,22,23). The normalized spacial score (nSPS) is 19.4. The summed E-state index contributed by atoms with van der Waals surface area (Å²) in [6.45, 7) is 2.86. The van der Waals surface area contributed by atoms with Crippen molar-refractivity contribution in [2.24, 2.45) is 0 Å². The second-order valence-corrected chi connectivity index (χ2v) is 9.52. The first-order valence-electron chi connectivity index (χ1n) is 9.80. The number of aromatic nitrogens is 2. The molecule has 3 heterocycles. The summed E-state index contributed by atoms with van der Waals surface area (Å²) in [6.07, 6.45) is 2.73. The molecule has 0 amide bonds. The van der Waals surface area contributed by atoms with Crippen LogP contribution in [0.15, 0.2) is 35.2 Å². The molecular weight excluding hydrogens is 374 g/mol. The van der Waals surface area contributed by atoms with Crippen LogP contribution in [0.5, 0.6) is 0 Å². The number of sulfonamides is 1. The minimum Gasteiger partial charge on any atom is -0.373 e. The fourth-order valence-corrected chi connectivity index (χ4v) is 5.44. The van der Waals surface area contributed by atoms with Gasteiger partial charge in [0.25, 0.3) is 0 Å². The van der Waals surface area contributed by atoms with Gasteiger partial charge < -0.3 is 10.2 Å². The van der Waals surface area contributed by atoms with Gasteiger partial charge in [-0.05, 0) is 45.1 Å². The average molecular weight is 402 g/mol. The zero-order valence-corrected chi connectivity index (χ0v) is 17.2. The Bertz CT molecular complexity index is 923. The Kier molecular flexibility index (Phi) is 5.35. The van der Waals surface area contributed by atoms with Gasteiger partial charge in [0.1, 0.15) is 11.6 Å². The molecular formula is C20H27N5O2S. The second kappa shape index (κ2) is 7.77. The van der Waals surface area contributed by atoms with E-state index in [9.17, 15) is 8.42 Å². The van der Waals surface area contributed by atoms with Crippen LogP contribution in [-0.2, 0) is 23.0 Å². The monoisotopic (exact) mass is 401 g/mol. The molecule has 1 fully saturated rings. The van der Waals surface area contributed by atoms with E-state index in [1.54, 1.807) is 24.3 Å². The quantitative estimate of drug-likeness (QED) is 0.845. The fourth-order valence-electron chi connectivity index (χ4n) is 4.01. The third-order valence-corrected chi connectivity index (χ3v) is 7.60. The molecule has 0 unspecified atom stereocenters. The van der Waals surface area contributed by atoms with Gasteiger partial charge in [-0.3, -0.25) is 0 Å². The molecule has 8 heteroatoms. The van der Waals surface area contributed by atoms with E-state index in [0.717, 1.165) is 48.8 Å². The molecule has 0 spiro atoms. The molecule has 0 aliphatic carbocycles. The van der Waals surface area contributed by atoms with Gasteiger partial charge in [-0.25, -0.2) is 18.4 Å². The van der Waals surface area contributed by atoms with E-state index >= 15 is 0 Å². The molecule has 2 aromatic rings. The molecule has 0 bridgehead atoms. The lowest BCUT2D eigenvalue weighted by Crippen LogP contribution is -2.37. The second-order valence-electron chi connectivity index (χ2n) is 7.58. The number of hydrogen-bond donors (Lipinski definition) is 1. The van der Waals surface area contributed by atoms with Gasteiger partial charge >= 0.3 is 0 Å². The first-order chi connectivity index (χ1) is 13.5. The molecule has 1 aromatic heterocycles. The average Bonchev–Trinajstić information content (AvgIpc) is 2.73. The Hall–Kier alpha value is -2.03. The van der Waals surface area contributed by atoms with E-state index in [-0.39, 0.29) is 0 Å². The lowest BCUT2D eigenvalue weighted by atomic mass is 9.95. The van der Waals surface area contributed by atoms with E-state index in [1.165, 1.54) is 4.31 Å². The molecule has 28 heavy (non-hydrogen) atoms. The highest BCUT2D eigenvalue weighted by molar-refractivity contribution is 7.89. The highest BCUT2D eigenvalue weighted by Gasteiger charge is 2.32. The Morgan fingerprint density at radius 2 is 1.79 bits per heavy atom. The van der Waals surface area contributed by atoms with Crippen molar-refractivity contribution in [3.8, 4) is 0 Å². The van der Waals surface area contributed by atoms with Gasteiger partial charge in [-0.2, -0.15) is 4.31 Å². The molecule has 2 aliphatic rings. The molecule has 7 nitrogen and oxygen atoms in total. The summed E-state index contributed by atoms with van der Waals surface area (Å²) in [7, 11) is 0.461. The number of fused-ring (bicyclic) bond motifs is 1. The SMILES string of the molecule is CNc1nc(C2CCN(C)CC2)nc2c1CN(S(=O)(=O)c1ccccc1)CC2. The Labute approximate surface area is 166 Å². The number of likely N-dealkylation sites (tertiary alicyclic amines) is 1. The summed E-state index contributed by atoms with van der Waals surface area (Å²) in [5.74, 6) is 2.03. The van der Waals surface area contributed by atoms with Crippen LogP contribution < -0.4 is 5.32 Å². The fraction of sp³-hybridized carbons (Fsp3) is 0.500. The van der Waals surface area contributed by atoms with E-state index in [2.05, 4.69) is 17.3 Å². The third kappa shape index (κ3) is 3.64. The van der Waals surface area contributed by atoms with Crippen LogP contribution in [0.1, 0.15) is 35.8 Å². The molecule has 4 rings (SSSR count). The van der Waals surface area contributed by atoms with E-state index in [4.69, 9.17) is 9.97 Å². The molecule has 0 atom stereocenters. The van der Waals surface area contributed by atoms with Crippen molar-refractivity contribution in [3.05, 3.63) is 47.4 Å². The van der Waals surface area contributed by atoms with E-state index in [0.29, 0.717) is 30.3 Å². The molecule has 2 aliphatic heterocycles. The van der Waals surface area contributed by atoms with Gasteiger partial charge in [0.2, 0.25) is 10.0 Å². The molecule has 0 radical (unpaired) electrons. The lowest BCUT2D eigenvalue weighted by molar-refractivity contribution is 0.250. The summed E-state index contributed by atoms with van der Waals surface area (Å²) in [4.78, 5) is 12.3. The smallest absolute Gasteiger partial charge is 0.243 e. The maximum atomic E-state index is 13.0. The van der Waals surface area contributed by atoms with Crippen LogP contribution in [-0.4, -0.2) is 61.3 Å².